The summed E-state index contributed by atoms with van der Waals surface area (Å²) in [6.45, 7) is 0. The second kappa shape index (κ2) is 19.9. The first-order chi connectivity index (χ1) is 0. The molecular formula is HBaMnO2+. The molecule has 0 amide bonds. The summed E-state index contributed by atoms with van der Waals surface area (Å²) >= 11 is 0. The van der Waals surface area contributed by atoms with Crippen molar-refractivity contribution in [3.8, 4) is 0 Å². The van der Waals surface area contributed by atoms with E-state index in [1.54, 1.807) is 0 Å². The van der Waals surface area contributed by atoms with Gasteiger partial charge in [0.25, 0.3) is 0 Å². The van der Waals surface area contributed by atoms with Crippen molar-refractivity contribution in [1.29, 1.82) is 0 Å². The zero-order chi connectivity index (χ0) is 0. The van der Waals surface area contributed by atoms with Crippen LogP contribution in [0.5, 0.6) is 0 Å². The van der Waals surface area contributed by atoms with Crippen LogP contribution in [0.1, 0.15) is 0 Å². The molecule has 0 rings (SSSR count). The van der Waals surface area contributed by atoms with E-state index in [-0.39, 0.29) is 76.9 Å². The second-order valence-corrected chi connectivity index (χ2v) is 0. The van der Waals surface area contributed by atoms with Crippen LogP contribution in [0.25, 0.3) is 0 Å². The minimum absolute atomic E-state index is 0. The Balaban J connectivity index is 0. The van der Waals surface area contributed by atoms with Crippen LogP contribution in [-0.2, 0) is 22.5 Å². The van der Waals surface area contributed by atoms with Crippen molar-refractivity contribution in [1.82, 2.24) is 0 Å². The van der Waals surface area contributed by atoms with Crippen molar-refractivity contribution in [3.63, 3.8) is 0 Å². The Morgan fingerprint density at radius 3 is 1.00 bits per heavy atom. The standard InChI is InChI=1S/Ba.Mn.H2O.O/h;;1H2;/q2*+2;;-2/p-1. The van der Waals surface area contributed by atoms with E-state index in [1.165, 1.54) is 0 Å². The van der Waals surface area contributed by atoms with Gasteiger partial charge in [0.1, 0.15) is 0 Å². The monoisotopic (exact) mass is 226 g/mol. The summed E-state index contributed by atoms with van der Waals surface area (Å²) in [5.41, 5.74) is 0. The number of hydrogen-bond acceptors (Lipinski definition) is 1. The SMILES string of the molecule is [Ba+2].[Mn+2].[O-2].[OH-]. The largest absolute Gasteiger partial charge is 2.00 e. The van der Waals surface area contributed by atoms with Gasteiger partial charge in [0.15, 0.2) is 0 Å². The molecule has 0 fully saturated rings. The van der Waals surface area contributed by atoms with Crippen LogP contribution in [0.2, 0.25) is 0 Å². The maximum Gasteiger partial charge on any atom is 2.00 e. The number of rotatable bonds is 0. The van der Waals surface area contributed by atoms with Gasteiger partial charge in [-0.1, -0.05) is 0 Å². The Bertz CT molecular complexity index is 6.00. The molecule has 4 heavy (non-hydrogen) atoms. The Labute approximate surface area is 75.5 Å². The van der Waals surface area contributed by atoms with Crippen LogP contribution in [0.4, 0.5) is 0 Å². The molecular weight excluding hydrogens is 224 g/mol. The molecule has 0 unspecified atom stereocenters. The summed E-state index contributed by atoms with van der Waals surface area (Å²) in [6, 6.07) is 0. The van der Waals surface area contributed by atoms with Gasteiger partial charge < -0.3 is 11.0 Å². The minimum Gasteiger partial charge on any atom is -2.00 e. The quantitative estimate of drug-likeness (QED) is 0.504. The average Bonchev–Trinajstić information content (AvgIpc) is 0. The number of hydrogen-bond donors (Lipinski definition) is 0. The van der Waals surface area contributed by atoms with Crippen molar-refractivity contribution in [2.75, 3.05) is 0 Å². The Hall–Kier alpha value is 2.01. The minimum atomic E-state index is 0. The molecule has 0 bridgehead atoms. The summed E-state index contributed by atoms with van der Waals surface area (Å²) in [5.74, 6) is 0. The summed E-state index contributed by atoms with van der Waals surface area (Å²) < 4.78 is 0. The van der Waals surface area contributed by atoms with Crippen LogP contribution in [-0.4, -0.2) is 54.4 Å². The Kier molecular flexibility index (Phi) is 186. The van der Waals surface area contributed by atoms with Gasteiger partial charge in [0.05, 0.1) is 0 Å². The second-order valence-electron chi connectivity index (χ2n) is 0. The molecule has 2 nitrogen and oxygen atoms in total. The van der Waals surface area contributed by atoms with Gasteiger partial charge in [-0.2, -0.15) is 0 Å². The fraction of sp³-hybridized carbons (Fsp3) is 0. The first-order valence-electron chi connectivity index (χ1n) is 0. The zero-order valence-electron chi connectivity index (χ0n) is 1.94. The molecule has 0 aromatic heterocycles. The maximum absolute atomic E-state index is 0. The molecule has 1 N–H and O–H groups in total. The van der Waals surface area contributed by atoms with Crippen LogP contribution in [0.15, 0.2) is 0 Å². The molecule has 0 saturated carbocycles. The molecule has 0 aromatic rings. The Morgan fingerprint density at radius 1 is 1.00 bits per heavy atom. The molecule has 0 aliphatic carbocycles. The molecule has 0 spiro atoms. The van der Waals surface area contributed by atoms with Crippen molar-refractivity contribution in [2.45, 2.75) is 0 Å². The predicted octanol–water partition coefficient (Wildman–Crippen LogP) is -0.679. The van der Waals surface area contributed by atoms with Gasteiger partial charge in [-0.3, -0.25) is 0 Å². The van der Waals surface area contributed by atoms with Crippen molar-refractivity contribution >= 4 is 48.9 Å². The van der Waals surface area contributed by atoms with Gasteiger partial charge in [-0.25, -0.2) is 0 Å². The van der Waals surface area contributed by atoms with Crippen LogP contribution >= 0.6 is 0 Å². The van der Waals surface area contributed by atoms with Gasteiger partial charge in [-0.15, -0.1) is 0 Å². The zero-order valence-corrected chi connectivity index (χ0v) is 7.56. The van der Waals surface area contributed by atoms with Gasteiger partial charge >= 0.3 is 65.9 Å². The first-order valence-corrected chi connectivity index (χ1v) is 0. The van der Waals surface area contributed by atoms with Gasteiger partial charge in [0.2, 0.25) is 0 Å². The van der Waals surface area contributed by atoms with E-state index in [0.717, 1.165) is 0 Å². The third kappa shape index (κ3) is 8.99. The molecule has 0 saturated heterocycles. The van der Waals surface area contributed by atoms with Crippen LogP contribution in [0, 0.1) is 0 Å². The molecule has 21 valence electrons. The average molecular weight is 225 g/mol. The van der Waals surface area contributed by atoms with E-state index in [1.807, 2.05) is 0 Å². The van der Waals surface area contributed by atoms with Gasteiger partial charge in [-0.05, 0) is 0 Å². The van der Waals surface area contributed by atoms with E-state index >= 15 is 0 Å². The predicted molar refractivity (Wildman–Crippen MR) is 8.38 cm³/mol. The third-order valence-corrected chi connectivity index (χ3v) is 0. The fourth-order valence-corrected chi connectivity index (χ4v) is 0. The first kappa shape index (κ1) is 37.3. The van der Waals surface area contributed by atoms with E-state index in [9.17, 15) is 0 Å². The smallest absolute Gasteiger partial charge is 2.00 e. The molecule has 0 aliphatic rings. The molecule has 0 heterocycles. The summed E-state index contributed by atoms with van der Waals surface area (Å²) in [4.78, 5) is 0. The molecule has 0 aromatic carbocycles. The van der Waals surface area contributed by atoms with E-state index < -0.39 is 0 Å². The molecule has 1 radical (unpaired) electrons. The van der Waals surface area contributed by atoms with Crippen molar-refractivity contribution in [2.24, 2.45) is 0 Å². The maximum atomic E-state index is 0. The van der Waals surface area contributed by atoms with Crippen LogP contribution in [0.3, 0.4) is 0 Å². The Morgan fingerprint density at radius 2 is 1.00 bits per heavy atom. The molecule has 0 atom stereocenters. The summed E-state index contributed by atoms with van der Waals surface area (Å²) in [5, 5.41) is 0. The summed E-state index contributed by atoms with van der Waals surface area (Å²) in [6.07, 6.45) is 0. The fourth-order valence-electron chi connectivity index (χ4n) is 0. The summed E-state index contributed by atoms with van der Waals surface area (Å²) in [7, 11) is 0. The van der Waals surface area contributed by atoms with E-state index in [0.29, 0.717) is 0 Å². The van der Waals surface area contributed by atoms with E-state index in [2.05, 4.69) is 0 Å². The van der Waals surface area contributed by atoms with Gasteiger partial charge in [0, 0.05) is 0 Å². The normalized spacial score (nSPS) is 0. The van der Waals surface area contributed by atoms with E-state index in [4.69, 9.17) is 0 Å². The molecule has 0 aliphatic heterocycles. The van der Waals surface area contributed by atoms with Crippen molar-refractivity contribution < 1.29 is 28.0 Å². The molecule has 4 heteroatoms. The van der Waals surface area contributed by atoms with Crippen LogP contribution < -0.4 is 0 Å². The topological polar surface area (TPSA) is 58.5 Å². The van der Waals surface area contributed by atoms with Crippen molar-refractivity contribution in [3.05, 3.63) is 0 Å². The third-order valence-electron chi connectivity index (χ3n) is 0.